The van der Waals surface area contributed by atoms with E-state index in [9.17, 15) is 9.59 Å². The first-order valence-corrected chi connectivity index (χ1v) is 12.2. The molecule has 0 bridgehead atoms. The molecular formula is C26H31N5O2S. The van der Waals surface area contributed by atoms with Gasteiger partial charge < -0.3 is 14.8 Å². The number of likely N-dealkylation sites (N-methyl/N-ethyl adjacent to an activating group) is 1. The van der Waals surface area contributed by atoms with Crippen molar-refractivity contribution in [1.29, 1.82) is 0 Å². The lowest BCUT2D eigenvalue weighted by Crippen LogP contribution is -2.39. The van der Waals surface area contributed by atoms with Gasteiger partial charge in [0.05, 0.1) is 11.8 Å². The van der Waals surface area contributed by atoms with Gasteiger partial charge in [-0.15, -0.1) is 16.8 Å². The Kier molecular flexibility index (Phi) is 9.04. The Morgan fingerprint density at radius 2 is 1.85 bits per heavy atom. The standard InChI is InChI=1S/C26H31N5O2S/c1-5-16-31-23(17-20-12-8-7-9-13-20)28-29-26(31)34-19(3)25(33)30(4)18-24(32)27-22-15-11-10-14-21(22)6-2/h5,7-15,19H,1,6,16-18H2,2-4H3,(H,27,32). The lowest BCUT2D eigenvalue weighted by molar-refractivity contribution is -0.132. The molecule has 1 atom stereocenters. The van der Waals surface area contributed by atoms with Crippen molar-refractivity contribution < 1.29 is 9.59 Å². The molecule has 0 saturated heterocycles. The third-order valence-corrected chi connectivity index (χ3v) is 6.44. The first-order valence-electron chi connectivity index (χ1n) is 11.3. The molecule has 2 aromatic carbocycles. The Morgan fingerprint density at radius 3 is 2.56 bits per heavy atom. The summed E-state index contributed by atoms with van der Waals surface area (Å²) < 4.78 is 1.98. The Balaban J connectivity index is 1.63. The Hall–Kier alpha value is -3.39. The van der Waals surface area contributed by atoms with Crippen molar-refractivity contribution in [3.05, 3.63) is 84.2 Å². The number of aromatic nitrogens is 3. The molecular weight excluding hydrogens is 446 g/mol. The predicted molar refractivity (Wildman–Crippen MR) is 137 cm³/mol. The molecule has 8 heteroatoms. The summed E-state index contributed by atoms with van der Waals surface area (Å²) in [4.78, 5) is 27.0. The fourth-order valence-electron chi connectivity index (χ4n) is 3.58. The summed E-state index contributed by atoms with van der Waals surface area (Å²) in [6.07, 6.45) is 3.25. The fraction of sp³-hybridized carbons (Fsp3) is 0.308. The van der Waals surface area contributed by atoms with Crippen LogP contribution in [-0.2, 0) is 29.0 Å². The van der Waals surface area contributed by atoms with Crippen LogP contribution in [0.3, 0.4) is 0 Å². The summed E-state index contributed by atoms with van der Waals surface area (Å²) in [6, 6.07) is 17.7. The molecule has 1 unspecified atom stereocenters. The lowest BCUT2D eigenvalue weighted by Gasteiger charge is -2.21. The second kappa shape index (κ2) is 12.2. The first kappa shape index (κ1) is 25.2. The van der Waals surface area contributed by atoms with E-state index in [0.717, 1.165) is 29.1 Å². The van der Waals surface area contributed by atoms with Gasteiger partial charge in [0.25, 0.3) is 0 Å². The number of anilines is 1. The van der Waals surface area contributed by atoms with Crippen molar-refractivity contribution in [2.75, 3.05) is 18.9 Å². The molecule has 0 spiro atoms. The van der Waals surface area contributed by atoms with E-state index in [4.69, 9.17) is 0 Å². The molecule has 2 amide bonds. The molecule has 0 aliphatic carbocycles. The zero-order valence-electron chi connectivity index (χ0n) is 19.9. The summed E-state index contributed by atoms with van der Waals surface area (Å²) in [5, 5.41) is 11.8. The summed E-state index contributed by atoms with van der Waals surface area (Å²) in [5.74, 6) is 0.436. The van der Waals surface area contributed by atoms with Crippen LogP contribution in [0.4, 0.5) is 5.69 Å². The van der Waals surface area contributed by atoms with Gasteiger partial charge in [0, 0.05) is 25.7 Å². The van der Waals surface area contributed by atoms with E-state index in [1.54, 1.807) is 13.1 Å². The molecule has 0 aliphatic rings. The van der Waals surface area contributed by atoms with Crippen LogP contribution in [-0.4, -0.2) is 50.3 Å². The molecule has 1 heterocycles. The number of nitrogens with zero attached hydrogens (tertiary/aromatic N) is 4. The number of carbonyl (C=O) groups is 2. The number of amides is 2. The minimum atomic E-state index is -0.432. The predicted octanol–water partition coefficient (Wildman–Crippen LogP) is 4.20. The van der Waals surface area contributed by atoms with E-state index >= 15 is 0 Å². The number of rotatable bonds is 11. The van der Waals surface area contributed by atoms with Crippen LogP contribution >= 0.6 is 11.8 Å². The number of benzene rings is 2. The molecule has 1 aromatic heterocycles. The van der Waals surface area contributed by atoms with E-state index in [2.05, 4.69) is 22.1 Å². The molecule has 3 rings (SSSR count). The first-order chi connectivity index (χ1) is 16.4. The number of hydrogen-bond donors (Lipinski definition) is 1. The summed E-state index contributed by atoms with van der Waals surface area (Å²) >= 11 is 1.33. The van der Waals surface area contributed by atoms with E-state index < -0.39 is 5.25 Å². The highest BCUT2D eigenvalue weighted by Crippen LogP contribution is 2.25. The van der Waals surface area contributed by atoms with Crippen LogP contribution in [0.25, 0.3) is 0 Å². The van der Waals surface area contributed by atoms with Crippen LogP contribution in [0.1, 0.15) is 30.8 Å². The van der Waals surface area contributed by atoms with Crippen LogP contribution in [0.5, 0.6) is 0 Å². The van der Waals surface area contributed by atoms with Crippen LogP contribution in [0.15, 0.2) is 72.4 Å². The monoisotopic (exact) mass is 477 g/mol. The summed E-state index contributed by atoms with van der Waals surface area (Å²) in [5.41, 5.74) is 2.97. The maximum Gasteiger partial charge on any atom is 0.243 e. The Bertz CT molecular complexity index is 1130. The highest BCUT2D eigenvalue weighted by atomic mass is 32.2. The SMILES string of the molecule is C=CCn1c(Cc2ccccc2)nnc1SC(C)C(=O)N(C)CC(=O)Nc1ccccc1CC. The number of carbonyl (C=O) groups excluding carboxylic acids is 2. The smallest absolute Gasteiger partial charge is 0.243 e. The number of thioether (sulfide) groups is 1. The molecule has 0 fully saturated rings. The second-order valence-electron chi connectivity index (χ2n) is 7.97. The molecule has 1 N–H and O–H groups in total. The van der Waals surface area contributed by atoms with Crippen molar-refractivity contribution in [3.8, 4) is 0 Å². The van der Waals surface area contributed by atoms with Gasteiger partial charge in [0.15, 0.2) is 5.16 Å². The van der Waals surface area contributed by atoms with Gasteiger partial charge in [-0.2, -0.15) is 0 Å². The molecule has 7 nitrogen and oxygen atoms in total. The lowest BCUT2D eigenvalue weighted by atomic mass is 10.1. The second-order valence-corrected chi connectivity index (χ2v) is 9.28. The summed E-state index contributed by atoms with van der Waals surface area (Å²) in [6.45, 7) is 8.22. The van der Waals surface area contributed by atoms with Crippen LogP contribution in [0.2, 0.25) is 0 Å². The molecule has 0 aliphatic heterocycles. The normalized spacial score (nSPS) is 11.6. The maximum absolute atomic E-state index is 13.0. The number of hydrogen-bond acceptors (Lipinski definition) is 5. The number of nitrogens with one attached hydrogen (secondary N) is 1. The molecule has 0 saturated carbocycles. The number of allylic oxidation sites excluding steroid dienone is 1. The van der Waals surface area contributed by atoms with Crippen LogP contribution < -0.4 is 5.32 Å². The minimum Gasteiger partial charge on any atom is -0.335 e. The third kappa shape index (κ3) is 6.57. The number of para-hydroxylation sites is 1. The average Bonchev–Trinajstić information content (AvgIpc) is 3.20. The van der Waals surface area contributed by atoms with E-state index in [-0.39, 0.29) is 18.4 Å². The molecule has 3 aromatic rings. The van der Waals surface area contributed by atoms with Crippen molar-refractivity contribution in [2.45, 2.75) is 43.6 Å². The quantitative estimate of drug-likeness (QED) is 0.331. The van der Waals surface area contributed by atoms with Crippen molar-refractivity contribution >= 4 is 29.3 Å². The van der Waals surface area contributed by atoms with Gasteiger partial charge in [0.2, 0.25) is 11.8 Å². The van der Waals surface area contributed by atoms with Gasteiger partial charge in [0.1, 0.15) is 5.82 Å². The minimum absolute atomic E-state index is 0.0274. The summed E-state index contributed by atoms with van der Waals surface area (Å²) in [7, 11) is 1.64. The maximum atomic E-state index is 13.0. The molecule has 34 heavy (non-hydrogen) atoms. The molecule has 178 valence electrons. The van der Waals surface area contributed by atoms with Crippen LogP contribution in [0, 0.1) is 0 Å². The van der Waals surface area contributed by atoms with Crippen molar-refractivity contribution in [3.63, 3.8) is 0 Å². The largest absolute Gasteiger partial charge is 0.335 e. The van der Waals surface area contributed by atoms with Gasteiger partial charge in [-0.1, -0.05) is 73.3 Å². The molecule has 0 radical (unpaired) electrons. The van der Waals surface area contributed by atoms with Crippen molar-refractivity contribution in [1.82, 2.24) is 19.7 Å². The van der Waals surface area contributed by atoms with Gasteiger partial charge in [-0.25, -0.2) is 0 Å². The zero-order chi connectivity index (χ0) is 24.5. The number of aryl methyl sites for hydroxylation is 1. The van der Waals surface area contributed by atoms with Gasteiger partial charge in [-0.05, 0) is 30.5 Å². The Morgan fingerprint density at radius 1 is 1.15 bits per heavy atom. The van der Waals surface area contributed by atoms with Crippen molar-refractivity contribution in [2.24, 2.45) is 0 Å². The topological polar surface area (TPSA) is 80.1 Å². The zero-order valence-corrected chi connectivity index (χ0v) is 20.7. The van der Waals surface area contributed by atoms with E-state index in [0.29, 0.717) is 18.1 Å². The highest BCUT2D eigenvalue weighted by Gasteiger charge is 2.24. The Labute approximate surface area is 205 Å². The van der Waals surface area contributed by atoms with E-state index in [1.165, 1.54) is 16.7 Å². The van der Waals surface area contributed by atoms with E-state index in [1.807, 2.05) is 73.0 Å². The van der Waals surface area contributed by atoms with Gasteiger partial charge in [-0.3, -0.25) is 9.59 Å². The third-order valence-electron chi connectivity index (χ3n) is 5.37. The van der Waals surface area contributed by atoms with Gasteiger partial charge >= 0.3 is 0 Å². The average molecular weight is 478 g/mol. The fourth-order valence-corrected chi connectivity index (χ4v) is 4.57. The highest BCUT2D eigenvalue weighted by molar-refractivity contribution is 8.00.